The zero-order valence-corrected chi connectivity index (χ0v) is 12.6. The number of ether oxygens (including phenoxy) is 1. The zero-order valence-electron chi connectivity index (χ0n) is 11.8. The van der Waals surface area contributed by atoms with Crippen LogP contribution in [0.1, 0.15) is 25.0 Å². The van der Waals surface area contributed by atoms with Crippen LogP contribution in [0.25, 0.3) is 10.6 Å². The first-order chi connectivity index (χ1) is 10.1. The smallest absolute Gasteiger partial charge is 0.163 e. The quantitative estimate of drug-likeness (QED) is 0.836. The predicted octanol–water partition coefficient (Wildman–Crippen LogP) is 1.73. The van der Waals surface area contributed by atoms with E-state index in [2.05, 4.69) is 34.0 Å². The summed E-state index contributed by atoms with van der Waals surface area (Å²) in [4.78, 5) is 12.4. The fourth-order valence-corrected chi connectivity index (χ4v) is 4.14. The largest absolute Gasteiger partial charge is 0.488 e. The number of hydrogen-bond acceptors (Lipinski definition) is 7. The van der Waals surface area contributed by atoms with Gasteiger partial charge in [-0.15, -0.1) is 11.3 Å². The molecular formula is C14H16N4O2S. The van der Waals surface area contributed by atoms with Crippen molar-refractivity contribution in [2.45, 2.75) is 25.7 Å². The minimum absolute atomic E-state index is 0.311. The van der Waals surface area contributed by atoms with Crippen LogP contribution in [0.3, 0.4) is 0 Å². The van der Waals surface area contributed by atoms with Gasteiger partial charge in [0.05, 0.1) is 33.3 Å². The van der Waals surface area contributed by atoms with E-state index in [0.29, 0.717) is 6.61 Å². The Morgan fingerprint density at radius 1 is 1.52 bits per heavy atom. The molecule has 7 heteroatoms. The topological polar surface area (TPSA) is 70.5 Å². The molecule has 0 saturated heterocycles. The molecule has 1 atom stereocenters. The molecule has 2 aliphatic rings. The maximum Gasteiger partial charge on any atom is 0.163 e. The SMILES string of the molecule is CC1(C)NC(O)c2sc(-c3ccncn3)c3c2N1CCO3. The van der Waals surface area contributed by atoms with Crippen molar-refractivity contribution in [2.24, 2.45) is 0 Å². The van der Waals surface area contributed by atoms with Crippen LogP contribution in [0.5, 0.6) is 5.75 Å². The van der Waals surface area contributed by atoms with Crippen LogP contribution < -0.4 is 15.0 Å². The van der Waals surface area contributed by atoms with Gasteiger partial charge < -0.3 is 14.7 Å². The maximum absolute atomic E-state index is 10.4. The summed E-state index contributed by atoms with van der Waals surface area (Å²) in [6.45, 7) is 5.56. The van der Waals surface area contributed by atoms with E-state index >= 15 is 0 Å². The van der Waals surface area contributed by atoms with Gasteiger partial charge in [0.2, 0.25) is 0 Å². The highest BCUT2D eigenvalue weighted by Crippen LogP contribution is 2.54. The van der Waals surface area contributed by atoms with Gasteiger partial charge in [-0.2, -0.15) is 0 Å². The summed E-state index contributed by atoms with van der Waals surface area (Å²) in [6, 6.07) is 1.86. The summed E-state index contributed by atoms with van der Waals surface area (Å²) in [7, 11) is 0. The highest BCUT2D eigenvalue weighted by molar-refractivity contribution is 7.16. The van der Waals surface area contributed by atoms with Crippen molar-refractivity contribution in [3.63, 3.8) is 0 Å². The lowest BCUT2D eigenvalue weighted by atomic mass is 10.1. The van der Waals surface area contributed by atoms with E-state index in [4.69, 9.17) is 4.74 Å². The third kappa shape index (κ3) is 1.85. The van der Waals surface area contributed by atoms with Crippen LogP contribution >= 0.6 is 11.3 Å². The fraction of sp³-hybridized carbons (Fsp3) is 0.429. The number of anilines is 1. The minimum Gasteiger partial charge on any atom is -0.488 e. The van der Waals surface area contributed by atoms with Crippen molar-refractivity contribution >= 4 is 17.0 Å². The molecule has 0 amide bonds. The summed E-state index contributed by atoms with van der Waals surface area (Å²) >= 11 is 1.52. The molecule has 2 aliphatic heterocycles. The second-order valence-electron chi connectivity index (χ2n) is 5.67. The Labute approximate surface area is 126 Å². The molecule has 2 aromatic rings. The van der Waals surface area contributed by atoms with E-state index in [1.54, 1.807) is 6.20 Å². The summed E-state index contributed by atoms with van der Waals surface area (Å²) in [5.41, 5.74) is 1.51. The van der Waals surface area contributed by atoms with Gasteiger partial charge in [0, 0.05) is 6.20 Å². The van der Waals surface area contributed by atoms with Gasteiger partial charge in [0.25, 0.3) is 0 Å². The van der Waals surface area contributed by atoms with Crippen LogP contribution in [0, 0.1) is 0 Å². The molecule has 0 spiro atoms. The predicted molar refractivity (Wildman–Crippen MR) is 80.4 cm³/mol. The van der Waals surface area contributed by atoms with Crippen LogP contribution in [-0.4, -0.2) is 33.9 Å². The Bertz CT molecular complexity index is 686. The monoisotopic (exact) mass is 304 g/mol. The second-order valence-corrected chi connectivity index (χ2v) is 6.73. The molecule has 0 bridgehead atoms. The van der Waals surface area contributed by atoms with Gasteiger partial charge in [0.15, 0.2) is 5.75 Å². The van der Waals surface area contributed by atoms with Gasteiger partial charge >= 0.3 is 0 Å². The minimum atomic E-state index is -0.688. The van der Waals surface area contributed by atoms with E-state index in [-0.39, 0.29) is 5.66 Å². The Hall–Kier alpha value is -1.70. The summed E-state index contributed by atoms with van der Waals surface area (Å²) in [6.07, 6.45) is 2.56. The van der Waals surface area contributed by atoms with Crippen molar-refractivity contribution in [1.29, 1.82) is 0 Å². The summed E-state index contributed by atoms with van der Waals surface area (Å²) in [5.74, 6) is 0.827. The van der Waals surface area contributed by atoms with Gasteiger partial charge in [-0.1, -0.05) is 0 Å². The number of nitrogens with zero attached hydrogens (tertiary/aromatic N) is 3. The van der Waals surface area contributed by atoms with E-state index in [0.717, 1.165) is 33.4 Å². The number of aliphatic hydroxyl groups is 1. The molecule has 2 aromatic heterocycles. The highest BCUT2D eigenvalue weighted by atomic mass is 32.1. The van der Waals surface area contributed by atoms with E-state index in [1.807, 2.05) is 6.07 Å². The highest BCUT2D eigenvalue weighted by Gasteiger charge is 2.43. The van der Waals surface area contributed by atoms with Crippen molar-refractivity contribution in [3.05, 3.63) is 23.5 Å². The molecule has 2 N–H and O–H groups in total. The third-order valence-corrected chi connectivity index (χ3v) is 5.16. The fourth-order valence-electron chi connectivity index (χ4n) is 2.98. The number of nitrogens with one attached hydrogen (secondary N) is 1. The molecule has 1 unspecified atom stereocenters. The number of hydrogen-bond donors (Lipinski definition) is 2. The lowest BCUT2D eigenvalue weighted by molar-refractivity contribution is 0.0882. The molecule has 6 nitrogen and oxygen atoms in total. The summed E-state index contributed by atoms with van der Waals surface area (Å²) < 4.78 is 5.91. The average Bonchev–Trinajstić information content (AvgIpc) is 2.86. The molecule has 0 aliphatic carbocycles. The molecule has 4 heterocycles. The second kappa shape index (κ2) is 4.40. The normalized spacial score (nSPS) is 22.6. The summed E-state index contributed by atoms with van der Waals surface area (Å²) in [5, 5.41) is 13.6. The Balaban J connectivity index is 1.94. The molecule has 4 rings (SSSR count). The number of aromatic nitrogens is 2. The third-order valence-electron chi connectivity index (χ3n) is 3.93. The Kier molecular flexibility index (Phi) is 2.72. The van der Waals surface area contributed by atoms with Crippen LogP contribution in [0.2, 0.25) is 0 Å². The van der Waals surface area contributed by atoms with Crippen molar-refractivity contribution < 1.29 is 9.84 Å². The molecular weight excluding hydrogens is 288 g/mol. The van der Waals surface area contributed by atoms with Crippen LogP contribution in [0.15, 0.2) is 18.6 Å². The zero-order chi connectivity index (χ0) is 14.6. The molecule has 110 valence electrons. The molecule has 0 saturated carbocycles. The van der Waals surface area contributed by atoms with Gasteiger partial charge in [-0.25, -0.2) is 9.97 Å². The molecule has 0 radical (unpaired) electrons. The van der Waals surface area contributed by atoms with Crippen molar-refractivity contribution in [1.82, 2.24) is 15.3 Å². The van der Waals surface area contributed by atoms with Crippen LogP contribution in [0.4, 0.5) is 5.69 Å². The molecule has 21 heavy (non-hydrogen) atoms. The van der Waals surface area contributed by atoms with Crippen molar-refractivity contribution in [3.8, 4) is 16.3 Å². The average molecular weight is 304 g/mol. The molecule has 0 fully saturated rings. The van der Waals surface area contributed by atoms with E-state index in [1.165, 1.54) is 17.7 Å². The first-order valence-corrected chi connectivity index (χ1v) is 7.69. The first-order valence-electron chi connectivity index (χ1n) is 6.87. The van der Waals surface area contributed by atoms with Crippen molar-refractivity contribution in [2.75, 3.05) is 18.1 Å². The Morgan fingerprint density at radius 2 is 2.38 bits per heavy atom. The van der Waals surface area contributed by atoms with E-state index in [9.17, 15) is 5.11 Å². The molecule has 0 aromatic carbocycles. The Morgan fingerprint density at radius 3 is 3.14 bits per heavy atom. The first kappa shape index (κ1) is 13.0. The lowest BCUT2D eigenvalue weighted by Gasteiger charge is -2.48. The number of rotatable bonds is 1. The number of aliphatic hydroxyl groups excluding tert-OH is 1. The van der Waals surface area contributed by atoms with Gasteiger partial charge in [0.1, 0.15) is 19.2 Å². The van der Waals surface area contributed by atoms with Gasteiger partial charge in [-0.3, -0.25) is 5.32 Å². The van der Waals surface area contributed by atoms with E-state index < -0.39 is 6.23 Å². The van der Waals surface area contributed by atoms with Gasteiger partial charge in [-0.05, 0) is 19.9 Å². The number of thiophene rings is 1. The lowest BCUT2D eigenvalue weighted by Crippen LogP contribution is -2.60. The standard InChI is InChI=1S/C14H16N4O2S/c1-14(2)17-13(19)12-9-10(20-6-5-18(9)14)11(21-12)8-3-4-15-7-16-8/h3-4,7,13,17,19H,5-6H2,1-2H3. The van der Waals surface area contributed by atoms with Crippen LogP contribution in [-0.2, 0) is 0 Å². The maximum atomic E-state index is 10.4.